The van der Waals surface area contributed by atoms with E-state index in [1.54, 1.807) is 0 Å². The second-order valence-corrected chi connectivity index (χ2v) is 4.89. The lowest BCUT2D eigenvalue weighted by Crippen LogP contribution is -2.09. The summed E-state index contributed by atoms with van der Waals surface area (Å²) in [4.78, 5) is 0. The minimum absolute atomic E-state index is 0.322. The number of aliphatic hydroxyl groups excluding tert-OH is 1. The van der Waals surface area contributed by atoms with E-state index in [1.807, 2.05) is 0 Å². The highest BCUT2D eigenvalue weighted by molar-refractivity contribution is 5.10. The molecule has 0 saturated carbocycles. The lowest BCUT2D eigenvalue weighted by molar-refractivity contribution is 0.198. The molecule has 1 atom stereocenters. The fourth-order valence-corrected chi connectivity index (χ4v) is 1.96. The van der Waals surface area contributed by atoms with Gasteiger partial charge in [0.1, 0.15) is 0 Å². The molecular weight excluding hydrogens is 196 g/mol. The Bertz CT molecular complexity index is 297. The SMILES string of the molecule is C=C1CCC=C(C)CCC(C)=CCCC1O. The Labute approximate surface area is 99.6 Å². The summed E-state index contributed by atoms with van der Waals surface area (Å²) in [5.41, 5.74) is 3.87. The molecule has 16 heavy (non-hydrogen) atoms. The Morgan fingerprint density at radius 1 is 1.06 bits per heavy atom. The first-order valence-electron chi connectivity index (χ1n) is 6.26. The predicted molar refractivity (Wildman–Crippen MR) is 70.4 cm³/mol. The largest absolute Gasteiger partial charge is 0.389 e. The molecule has 0 saturated heterocycles. The van der Waals surface area contributed by atoms with Crippen LogP contribution in [0.15, 0.2) is 35.5 Å². The summed E-state index contributed by atoms with van der Waals surface area (Å²) >= 11 is 0. The first-order chi connectivity index (χ1) is 7.59. The van der Waals surface area contributed by atoms with Crippen LogP contribution < -0.4 is 0 Å². The maximum atomic E-state index is 9.86. The Balaban J connectivity index is 2.64. The van der Waals surface area contributed by atoms with Crippen LogP contribution in [0.5, 0.6) is 0 Å². The maximum absolute atomic E-state index is 9.86. The van der Waals surface area contributed by atoms with Crippen LogP contribution in [-0.2, 0) is 0 Å². The van der Waals surface area contributed by atoms with E-state index in [0.29, 0.717) is 0 Å². The van der Waals surface area contributed by atoms with E-state index in [-0.39, 0.29) is 6.10 Å². The fraction of sp³-hybridized carbons (Fsp3) is 0.600. The molecule has 1 nitrogen and oxygen atoms in total. The van der Waals surface area contributed by atoms with Gasteiger partial charge in [0.05, 0.1) is 6.10 Å². The molecule has 0 amide bonds. The third-order valence-electron chi connectivity index (χ3n) is 3.28. The van der Waals surface area contributed by atoms with Gasteiger partial charge in [0.2, 0.25) is 0 Å². The first kappa shape index (κ1) is 13.2. The van der Waals surface area contributed by atoms with Crippen LogP contribution in [0.25, 0.3) is 0 Å². The summed E-state index contributed by atoms with van der Waals surface area (Å²) in [6.45, 7) is 8.34. The van der Waals surface area contributed by atoms with E-state index in [1.165, 1.54) is 11.1 Å². The molecule has 0 aromatic rings. The van der Waals surface area contributed by atoms with Crippen molar-refractivity contribution < 1.29 is 5.11 Å². The molecule has 1 N–H and O–H groups in total. The molecule has 90 valence electrons. The highest BCUT2D eigenvalue weighted by Gasteiger charge is 2.07. The van der Waals surface area contributed by atoms with Gasteiger partial charge in [-0.2, -0.15) is 0 Å². The van der Waals surface area contributed by atoms with Crippen molar-refractivity contribution >= 4 is 0 Å². The van der Waals surface area contributed by atoms with E-state index in [0.717, 1.165) is 44.1 Å². The van der Waals surface area contributed by atoms with Crippen LogP contribution in [0, 0.1) is 0 Å². The highest BCUT2D eigenvalue weighted by Crippen LogP contribution is 2.19. The van der Waals surface area contributed by atoms with Crippen molar-refractivity contribution in [2.24, 2.45) is 0 Å². The topological polar surface area (TPSA) is 20.2 Å². The summed E-state index contributed by atoms with van der Waals surface area (Å²) in [5.74, 6) is 0. The second kappa shape index (κ2) is 6.70. The fourth-order valence-electron chi connectivity index (χ4n) is 1.96. The predicted octanol–water partition coefficient (Wildman–Crippen LogP) is 4.15. The second-order valence-electron chi connectivity index (χ2n) is 4.89. The minimum atomic E-state index is -0.322. The zero-order valence-corrected chi connectivity index (χ0v) is 10.6. The molecule has 0 radical (unpaired) electrons. The van der Waals surface area contributed by atoms with E-state index < -0.39 is 0 Å². The van der Waals surface area contributed by atoms with Gasteiger partial charge in [0.15, 0.2) is 0 Å². The van der Waals surface area contributed by atoms with Crippen LogP contribution in [0.2, 0.25) is 0 Å². The number of hydrogen-bond donors (Lipinski definition) is 1. The molecule has 0 fully saturated rings. The van der Waals surface area contributed by atoms with Crippen molar-refractivity contribution in [1.82, 2.24) is 0 Å². The number of rotatable bonds is 0. The van der Waals surface area contributed by atoms with Crippen LogP contribution >= 0.6 is 0 Å². The van der Waals surface area contributed by atoms with Crippen LogP contribution in [0.3, 0.4) is 0 Å². The number of aliphatic hydroxyl groups is 1. The van der Waals surface area contributed by atoms with Gasteiger partial charge in [-0.25, -0.2) is 0 Å². The molecule has 0 aliphatic heterocycles. The van der Waals surface area contributed by atoms with Gasteiger partial charge in [-0.3, -0.25) is 0 Å². The first-order valence-corrected chi connectivity index (χ1v) is 6.26. The standard InChI is InChI=1S/C15H24O/c1-12-6-4-8-14(3)15(16)9-5-7-13(2)11-10-12/h6-7,15-16H,3-5,8-11H2,1-2H3. The number of hydrogen-bond acceptors (Lipinski definition) is 1. The van der Waals surface area contributed by atoms with Gasteiger partial charge in [-0.1, -0.05) is 29.9 Å². The van der Waals surface area contributed by atoms with Gasteiger partial charge < -0.3 is 5.11 Å². The molecule has 1 aliphatic rings. The van der Waals surface area contributed by atoms with Crippen molar-refractivity contribution in [1.29, 1.82) is 0 Å². The average molecular weight is 220 g/mol. The molecule has 1 rings (SSSR count). The van der Waals surface area contributed by atoms with Gasteiger partial charge >= 0.3 is 0 Å². The molecule has 1 aliphatic carbocycles. The normalized spacial score (nSPS) is 25.2. The third-order valence-corrected chi connectivity index (χ3v) is 3.28. The van der Waals surface area contributed by atoms with Crippen LogP contribution in [0.4, 0.5) is 0 Å². The molecule has 0 aromatic carbocycles. The third kappa shape index (κ3) is 4.80. The highest BCUT2D eigenvalue weighted by atomic mass is 16.3. The van der Waals surface area contributed by atoms with E-state index in [9.17, 15) is 5.11 Å². The molecule has 0 bridgehead atoms. The van der Waals surface area contributed by atoms with Gasteiger partial charge in [0.25, 0.3) is 0 Å². The average Bonchev–Trinajstić information content (AvgIpc) is 2.24. The zero-order valence-electron chi connectivity index (χ0n) is 10.6. The molecular formula is C15H24O. The van der Waals surface area contributed by atoms with Crippen LogP contribution in [-0.4, -0.2) is 11.2 Å². The van der Waals surface area contributed by atoms with Crippen LogP contribution in [0.1, 0.15) is 52.4 Å². The zero-order chi connectivity index (χ0) is 12.0. The van der Waals surface area contributed by atoms with Crippen molar-refractivity contribution in [2.75, 3.05) is 0 Å². The smallest absolute Gasteiger partial charge is 0.0750 e. The van der Waals surface area contributed by atoms with E-state index >= 15 is 0 Å². The van der Waals surface area contributed by atoms with E-state index in [2.05, 4.69) is 32.6 Å². The summed E-state index contributed by atoms with van der Waals surface area (Å²) in [7, 11) is 0. The Kier molecular flexibility index (Phi) is 5.54. The van der Waals surface area contributed by atoms with Gasteiger partial charge in [-0.15, -0.1) is 0 Å². The van der Waals surface area contributed by atoms with Crippen molar-refractivity contribution in [3.05, 3.63) is 35.5 Å². The van der Waals surface area contributed by atoms with Crippen molar-refractivity contribution in [3.8, 4) is 0 Å². The van der Waals surface area contributed by atoms with Gasteiger partial charge in [0, 0.05) is 0 Å². The van der Waals surface area contributed by atoms with Gasteiger partial charge in [-0.05, 0) is 57.9 Å². The van der Waals surface area contributed by atoms with Crippen molar-refractivity contribution in [2.45, 2.75) is 58.5 Å². The Morgan fingerprint density at radius 2 is 1.62 bits per heavy atom. The van der Waals surface area contributed by atoms with Crippen molar-refractivity contribution in [3.63, 3.8) is 0 Å². The summed E-state index contributed by atoms with van der Waals surface area (Å²) in [5, 5.41) is 9.86. The molecule has 0 heterocycles. The molecule has 0 spiro atoms. The quantitative estimate of drug-likeness (QED) is 0.608. The maximum Gasteiger partial charge on any atom is 0.0750 e. The molecule has 0 aromatic heterocycles. The Hall–Kier alpha value is -0.820. The lowest BCUT2D eigenvalue weighted by Gasteiger charge is -2.13. The monoisotopic (exact) mass is 220 g/mol. The molecule has 1 unspecified atom stereocenters. The lowest BCUT2D eigenvalue weighted by atomic mass is 9.97. The summed E-state index contributed by atoms with van der Waals surface area (Å²) in [6, 6.07) is 0. The van der Waals surface area contributed by atoms with E-state index in [4.69, 9.17) is 0 Å². The Morgan fingerprint density at radius 3 is 2.25 bits per heavy atom. The minimum Gasteiger partial charge on any atom is -0.389 e. The molecule has 1 heteroatoms. The summed E-state index contributed by atoms with van der Waals surface area (Å²) in [6.07, 6.45) is 10.3. The summed E-state index contributed by atoms with van der Waals surface area (Å²) < 4.78 is 0. The number of allylic oxidation sites excluding steroid dienone is 4.